The van der Waals surface area contributed by atoms with Crippen LogP contribution in [0.4, 0.5) is 5.82 Å². The van der Waals surface area contributed by atoms with Crippen molar-refractivity contribution in [2.45, 2.75) is 25.7 Å². The zero-order chi connectivity index (χ0) is 11.0. The Labute approximate surface area is 94.0 Å². The average Bonchev–Trinajstić information content (AvgIpc) is 2.69. The van der Waals surface area contributed by atoms with Gasteiger partial charge in [-0.1, -0.05) is 12.5 Å². The van der Waals surface area contributed by atoms with E-state index in [-0.39, 0.29) is 11.8 Å². The molecule has 2 aliphatic rings. The molecule has 1 unspecified atom stereocenters. The Hall–Kier alpha value is -1.71. The van der Waals surface area contributed by atoms with Gasteiger partial charge in [0.1, 0.15) is 0 Å². The van der Waals surface area contributed by atoms with Crippen molar-refractivity contribution in [3.05, 3.63) is 24.4 Å². The second kappa shape index (κ2) is 3.70. The van der Waals surface area contributed by atoms with Crippen LogP contribution < -0.4 is 5.01 Å². The van der Waals surface area contributed by atoms with Gasteiger partial charge in [0.05, 0.1) is 11.6 Å². The molecule has 82 valence electrons. The van der Waals surface area contributed by atoms with Crippen LogP contribution in [0.2, 0.25) is 0 Å². The summed E-state index contributed by atoms with van der Waals surface area (Å²) in [6, 6.07) is 5.53. The van der Waals surface area contributed by atoms with Gasteiger partial charge in [0, 0.05) is 6.20 Å². The summed E-state index contributed by atoms with van der Waals surface area (Å²) >= 11 is 0. The number of aromatic nitrogens is 1. The van der Waals surface area contributed by atoms with Crippen LogP contribution in [0, 0.1) is 5.92 Å². The van der Waals surface area contributed by atoms with Gasteiger partial charge in [-0.05, 0) is 31.4 Å². The molecule has 1 aromatic rings. The monoisotopic (exact) mass is 215 g/mol. The van der Waals surface area contributed by atoms with Crippen molar-refractivity contribution < 1.29 is 4.79 Å². The van der Waals surface area contributed by atoms with E-state index < -0.39 is 0 Å². The standard InChI is InChI=1S/C12H13N3O/c16-12-9-5-1-2-6-10(9)14-15(12)11-7-3-4-8-13-11/h3-4,7-9H,1-2,5-6H2. The van der Waals surface area contributed by atoms with E-state index in [1.807, 2.05) is 18.2 Å². The molecule has 0 bridgehead atoms. The van der Waals surface area contributed by atoms with E-state index >= 15 is 0 Å². The molecule has 1 atom stereocenters. The molecule has 1 saturated carbocycles. The van der Waals surface area contributed by atoms with Gasteiger partial charge in [0.25, 0.3) is 5.91 Å². The highest BCUT2D eigenvalue weighted by Crippen LogP contribution is 2.30. The fourth-order valence-electron chi connectivity index (χ4n) is 2.35. The summed E-state index contributed by atoms with van der Waals surface area (Å²) in [7, 11) is 0. The molecule has 1 aliphatic heterocycles. The summed E-state index contributed by atoms with van der Waals surface area (Å²) in [6.07, 6.45) is 5.87. The Kier molecular flexibility index (Phi) is 2.20. The highest BCUT2D eigenvalue weighted by atomic mass is 16.2. The number of pyridine rings is 1. The van der Waals surface area contributed by atoms with Crippen molar-refractivity contribution >= 4 is 17.4 Å². The summed E-state index contributed by atoms with van der Waals surface area (Å²) in [6.45, 7) is 0. The third kappa shape index (κ3) is 1.41. The molecule has 3 rings (SSSR count). The molecule has 2 heterocycles. The van der Waals surface area contributed by atoms with Crippen LogP contribution in [0.15, 0.2) is 29.5 Å². The molecular formula is C12H13N3O. The Morgan fingerprint density at radius 3 is 3.00 bits per heavy atom. The van der Waals surface area contributed by atoms with Gasteiger partial charge in [-0.2, -0.15) is 10.1 Å². The molecule has 0 spiro atoms. The van der Waals surface area contributed by atoms with Crippen LogP contribution in [-0.2, 0) is 4.79 Å². The van der Waals surface area contributed by atoms with Gasteiger partial charge in [0.15, 0.2) is 5.82 Å². The van der Waals surface area contributed by atoms with Crippen LogP contribution in [0.1, 0.15) is 25.7 Å². The number of hydrazone groups is 1. The number of carbonyl (C=O) groups is 1. The van der Waals surface area contributed by atoms with Crippen LogP contribution >= 0.6 is 0 Å². The highest BCUT2D eigenvalue weighted by molar-refractivity contribution is 6.15. The highest BCUT2D eigenvalue weighted by Gasteiger charge is 2.37. The van der Waals surface area contributed by atoms with Crippen molar-refractivity contribution in [3.63, 3.8) is 0 Å². The van der Waals surface area contributed by atoms with E-state index in [1.54, 1.807) is 6.20 Å². The number of anilines is 1. The number of amides is 1. The smallest absolute Gasteiger partial charge is 0.257 e. The fourth-order valence-corrected chi connectivity index (χ4v) is 2.35. The topological polar surface area (TPSA) is 45.6 Å². The number of nitrogens with zero attached hydrogens (tertiary/aromatic N) is 3. The molecule has 1 aliphatic carbocycles. The van der Waals surface area contributed by atoms with Crippen molar-refractivity contribution in [1.82, 2.24) is 4.98 Å². The van der Waals surface area contributed by atoms with E-state index in [1.165, 1.54) is 5.01 Å². The predicted octanol–water partition coefficient (Wildman–Crippen LogP) is 1.97. The number of rotatable bonds is 1. The van der Waals surface area contributed by atoms with Gasteiger partial charge in [-0.3, -0.25) is 4.79 Å². The first-order valence-corrected chi connectivity index (χ1v) is 5.68. The van der Waals surface area contributed by atoms with Crippen LogP contribution in [0.5, 0.6) is 0 Å². The van der Waals surface area contributed by atoms with E-state index in [0.717, 1.165) is 31.4 Å². The average molecular weight is 215 g/mol. The number of hydrogen-bond acceptors (Lipinski definition) is 3. The first-order valence-electron chi connectivity index (χ1n) is 5.68. The van der Waals surface area contributed by atoms with Gasteiger partial charge in [-0.15, -0.1) is 0 Å². The maximum atomic E-state index is 12.1. The summed E-state index contributed by atoms with van der Waals surface area (Å²) in [5.74, 6) is 0.749. The summed E-state index contributed by atoms with van der Waals surface area (Å²) in [4.78, 5) is 16.3. The Morgan fingerprint density at radius 1 is 1.31 bits per heavy atom. The van der Waals surface area contributed by atoms with Gasteiger partial charge < -0.3 is 0 Å². The van der Waals surface area contributed by atoms with Crippen LogP contribution in [0.3, 0.4) is 0 Å². The minimum Gasteiger partial charge on any atom is -0.272 e. The molecular weight excluding hydrogens is 202 g/mol. The second-order valence-electron chi connectivity index (χ2n) is 4.23. The lowest BCUT2D eigenvalue weighted by Crippen LogP contribution is -2.29. The summed E-state index contributed by atoms with van der Waals surface area (Å²) < 4.78 is 0. The summed E-state index contributed by atoms with van der Waals surface area (Å²) in [5.41, 5.74) is 1.04. The number of hydrogen-bond donors (Lipinski definition) is 0. The van der Waals surface area contributed by atoms with Crippen LogP contribution in [-0.4, -0.2) is 16.6 Å². The van der Waals surface area contributed by atoms with Crippen molar-refractivity contribution in [3.8, 4) is 0 Å². The van der Waals surface area contributed by atoms with Gasteiger partial charge >= 0.3 is 0 Å². The van der Waals surface area contributed by atoms with E-state index in [4.69, 9.17) is 0 Å². The quantitative estimate of drug-likeness (QED) is 0.719. The molecule has 1 fully saturated rings. The van der Waals surface area contributed by atoms with E-state index in [9.17, 15) is 4.79 Å². The fraction of sp³-hybridized carbons (Fsp3) is 0.417. The lowest BCUT2D eigenvalue weighted by molar-refractivity contribution is -0.120. The van der Waals surface area contributed by atoms with E-state index in [0.29, 0.717) is 5.82 Å². The normalized spacial score (nSPS) is 24.2. The molecule has 16 heavy (non-hydrogen) atoms. The minimum atomic E-state index is 0.0238. The lowest BCUT2D eigenvalue weighted by atomic mass is 9.87. The molecule has 0 saturated heterocycles. The Bertz CT molecular complexity index is 441. The molecule has 0 N–H and O–H groups in total. The third-order valence-electron chi connectivity index (χ3n) is 3.18. The first-order chi connectivity index (χ1) is 7.86. The SMILES string of the molecule is O=C1C2CCCCC2=NN1c1ccccn1. The molecule has 1 aromatic heterocycles. The minimum absolute atomic E-state index is 0.0238. The van der Waals surface area contributed by atoms with Crippen molar-refractivity contribution in [2.24, 2.45) is 11.0 Å². The third-order valence-corrected chi connectivity index (χ3v) is 3.18. The zero-order valence-electron chi connectivity index (χ0n) is 8.97. The molecule has 1 amide bonds. The summed E-state index contributed by atoms with van der Waals surface area (Å²) in [5, 5.41) is 5.86. The maximum Gasteiger partial charge on any atom is 0.257 e. The molecule has 4 nitrogen and oxygen atoms in total. The largest absolute Gasteiger partial charge is 0.272 e. The number of fused-ring (bicyclic) bond motifs is 1. The Balaban J connectivity index is 1.93. The van der Waals surface area contributed by atoms with E-state index in [2.05, 4.69) is 10.1 Å². The van der Waals surface area contributed by atoms with Gasteiger partial charge in [0.2, 0.25) is 0 Å². The number of carbonyl (C=O) groups excluding carboxylic acids is 1. The first kappa shape index (κ1) is 9.51. The maximum absolute atomic E-state index is 12.1. The Morgan fingerprint density at radius 2 is 2.25 bits per heavy atom. The van der Waals surface area contributed by atoms with Crippen molar-refractivity contribution in [1.29, 1.82) is 0 Å². The molecule has 0 aromatic carbocycles. The molecule has 4 heteroatoms. The second-order valence-corrected chi connectivity index (χ2v) is 4.23. The van der Waals surface area contributed by atoms with Crippen LogP contribution in [0.25, 0.3) is 0 Å². The predicted molar refractivity (Wildman–Crippen MR) is 61.1 cm³/mol. The van der Waals surface area contributed by atoms with Gasteiger partial charge in [-0.25, -0.2) is 4.98 Å². The lowest BCUT2D eigenvalue weighted by Gasteiger charge is -2.16. The van der Waals surface area contributed by atoms with Crippen molar-refractivity contribution in [2.75, 3.05) is 5.01 Å². The molecule has 0 radical (unpaired) electrons. The zero-order valence-corrected chi connectivity index (χ0v) is 8.97.